The Morgan fingerprint density at radius 3 is 2.21 bits per heavy atom. The van der Waals surface area contributed by atoms with Gasteiger partial charge in [-0.05, 0) is 67.9 Å². The summed E-state index contributed by atoms with van der Waals surface area (Å²) in [5.74, 6) is 1.53. The predicted molar refractivity (Wildman–Crippen MR) is 129 cm³/mol. The maximum absolute atomic E-state index is 12.7. The van der Waals surface area contributed by atoms with Gasteiger partial charge in [-0.2, -0.15) is 0 Å². The first-order valence-corrected chi connectivity index (χ1v) is 12.4. The van der Waals surface area contributed by atoms with Crippen molar-refractivity contribution in [2.75, 3.05) is 23.7 Å². The highest BCUT2D eigenvalue weighted by Gasteiger charge is 2.29. The Bertz CT molecular complexity index is 1160. The van der Waals surface area contributed by atoms with Crippen LogP contribution in [0.4, 0.5) is 5.69 Å². The normalized spacial score (nSPS) is 12.0. The second kappa shape index (κ2) is 10.9. The van der Waals surface area contributed by atoms with Crippen LogP contribution in [0.15, 0.2) is 78.9 Å². The van der Waals surface area contributed by atoms with Gasteiger partial charge in [0.25, 0.3) is 0 Å². The number of para-hydroxylation sites is 1. The van der Waals surface area contributed by atoms with Crippen molar-refractivity contribution in [3.63, 3.8) is 0 Å². The van der Waals surface area contributed by atoms with Crippen LogP contribution in [0.25, 0.3) is 0 Å². The highest BCUT2D eigenvalue weighted by atomic mass is 32.2. The molecule has 8 heteroatoms. The molecule has 0 fully saturated rings. The molecule has 3 rings (SSSR count). The van der Waals surface area contributed by atoms with Gasteiger partial charge < -0.3 is 14.8 Å². The topological polar surface area (TPSA) is 84.9 Å². The molecule has 3 aromatic rings. The molecule has 0 aliphatic carbocycles. The standard InChI is InChI=1S/C25H28N2O5S/c1-19-8-7-11-24(18-19)31-17-16-26-25(28)20(2)27(33(3,29)30)21-12-14-23(15-13-21)32-22-9-5-4-6-10-22/h4-15,18,20H,16-17H2,1-3H3,(H,26,28)/t20-/m1/s1. The Hall–Kier alpha value is -3.52. The first kappa shape index (κ1) is 24.1. The van der Waals surface area contributed by atoms with E-state index in [9.17, 15) is 13.2 Å². The molecule has 1 amide bonds. The molecule has 0 bridgehead atoms. The largest absolute Gasteiger partial charge is 0.492 e. The zero-order valence-corrected chi connectivity index (χ0v) is 19.7. The third-order valence-electron chi connectivity index (χ3n) is 4.82. The molecule has 0 aromatic heterocycles. The number of aryl methyl sites for hydroxylation is 1. The fourth-order valence-corrected chi connectivity index (χ4v) is 4.47. The molecule has 0 saturated carbocycles. The summed E-state index contributed by atoms with van der Waals surface area (Å²) in [6.07, 6.45) is 1.08. The minimum atomic E-state index is -3.71. The van der Waals surface area contributed by atoms with Crippen LogP contribution in [0.1, 0.15) is 12.5 Å². The van der Waals surface area contributed by atoms with Gasteiger partial charge >= 0.3 is 0 Å². The molecule has 0 heterocycles. The first-order chi connectivity index (χ1) is 15.7. The van der Waals surface area contributed by atoms with Gasteiger partial charge in [0.2, 0.25) is 15.9 Å². The summed E-state index contributed by atoms with van der Waals surface area (Å²) in [5, 5.41) is 2.74. The summed E-state index contributed by atoms with van der Waals surface area (Å²) in [6, 6.07) is 22.5. The smallest absolute Gasteiger partial charge is 0.243 e. The summed E-state index contributed by atoms with van der Waals surface area (Å²) < 4.78 is 37.5. The SMILES string of the molecule is Cc1cccc(OCCNC(=O)[C@@H](C)N(c2ccc(Oc3ccccc3)cc2)S(C)(=O)=O)c1. The lowest BCUT2D eigenvalue weighted by molar-refractivity contribution is -0.121. The molecule has 33 heavy (non-hydrogen) atoms. The third-order valence-corrected chi connectivity index (χ3v) is 6.06. The number of ether oxygens (including phenoxy) is 2. The highest BCUT2D eigenvalue weighted by Crippen LogP contribution is 2.26. The number of benzene rings is 3. The fraction of sp³-hybridized carbons (Fsp3) is 0.240. The van der Waals surface area contributed by atoms with E-state index in [2.05, 4.69) is 5.32 Å². The van der Waals surface area contributed by atoms with E-state index in [-0.39, 0.29) is 13.2 Å². The van der Waals surface area contributed by atoms with Crippen molar-refractivity contribution in [2.45, 2.75) is 19.9 Å². The monoisotopic (exact) mass is 468 g/mol. The summed E-state index contributed by atoms with van der Waals surface area (Å²) >= 11 is 0. The number of hydrogen-bond acceptors (Lipinski definition) is 5. The molecule has 1 N–H and O–H groups in total. The van der Waals surface area contributed by atoms with Crippen LogP contribution in [0, 0.1) is 6.92 Å². The second-order valence-corrected chi connectivity index (χ2v) is 9.46. The average molecular weight is 469 g/mol. The van der Waals surface area contributed by atoms with Gasteiger partial charge in [0.15, 0.2) is 0 Å². The van der Waals surface area contributed by atoms with E-state index in [1.807, 2.05) is 61.5 Å². The minimum absolute atomic E-state index is 0.249. The summed E-state index contributed by atoms with van der Waals surface area (Å²) in [4.78, 5) is 12.7. The van der Waals surface area contributed by atoms with Crippen molar-refractivity contribution in [1.82, 2.24) is 5.32 Å². The number of nitrogens with one attached hydrogen (secondary N) is 1. The lowest BCUT2D eigenvalue weighted by atomic mass is 10.2. The van der Waals surface area contributed by atoms with Crippen LogP contribution in [0.3, 0.4) is 0 Å². The lowest BCUT2D eigenvalue weighted by Crippen LogP contribution is -2.48. The Labute approximate surface area is 195 Å². The summed E-state index contributed by atoms with van der Waals surface area (Å²) in [6.45, 7) is 4.04. The number of anilines is 1. The molecule has 0 aliphatic heterocycles. The summed E-state index contributed by atoms with van der Waals surface area (Å²) in [7, 11) is -3.71. The number of amides is 1. The van der Waals surface area contributed by atoms with Crippen LogP contribution in [-0.2, 0) is 14.8 Å². The average Bonchev–Trinajstić information content (AvgIpc) is 2.78. The molecule has 0 saturated heterocycles. The van der Waals surface area contributed by atoms with Crippen molar-refractivity contribution in [3.05, 3.63) is 84.4 Å². The molecule has 0 aliphatic rings. The van der Waals surface area contributed by atoms with Crippen molar-refractivity contribution in [1.29, 1.82) is 0 Å². The molecule has 3 aromatic carbocycles. The van der Waals surface area contributed by atoms with E-state index in [4.69, 9.17) is 9.47 Å². The van der Waals surface area contributed by atoms with Crippen LogP contribution in [0.5, 0.6) is 17.2 Å². The molecule has 0 spiro atoms. The number of carbonyl (C=O) groups is 1. The Morgan fingerprint density at radius 1 is 0.939 bits per heavy atom. The van der Waals surface area contributed by atoms with Crippen molar-refractivity contribution in [2.24, 2.45) is 0 Å². The van der Waals surface area contributed by atoms with Crippen molar-refractivity contribution >= 4 is 21.6 Å². The fourth-order valence-electron chi connectivity index (χ4n) is 3.29. The highest BCUT2D eigenvalue weighted by molar-refractivity contribution is 7.92. The first-order valence-electron chi connectivity index (χ1n) is 10.5. The maximum Gasteiger partial charge on any atom is 0.243 e. The van der Waals surface area contributed by atoms with Gasteiger partial charge in [-0.3, -0.25) is 9.10 Å². The van der Waals surface area contributed by atoms with E-state index in [1.165, 1.54) is 0 Å². The Balaban J connectivity index is 1.62. The van der Waals surface area contributed by atoms with E-state index >= 15 is 0 Å². The summed E-state index contributed by atoms with van der Waals surface area (Å²) in [5.41, 5.74) is 1.45. The zero-order valence-electron chi connectivity index (χ0n) is 18.9. The molecular formula is C25H28N2O5S. The van der Waals surface area contributed by atoms with Gasteiger partial charge in [-0.1, -0.05) is 30.3 Å². The second-order valence-electron chi connectivity index (χ2n) is 7.60. The minimum Gasteiger partial charge on any atom is -0.492 e. The number of nitrogens with zero attached hydrogens (tertiary/aromatic N) is 1. The maximum atomic E-state index is 12.7. The van der Waals surface area contributed by atoms with E-state index < -0.39 is 22.0 Å². The van der Waals surface area contributed by atoms with Gasteiger partial charge in [-0.15, -0.1) is 0 Å². The number of carbonyl (C=O) groups excluding carboxylic acids is 1. The van der Waals surface area contributed by atoms with Gasteiger partial charge in [0.05, 0.1) is 18.5 Å². The van der Waals surface area contributed by atoms with Crippen molar-refractivity contribution < 1.29 is 22.7 Å². The van der Waals surface area contributed by atoms with Crippen LogP contribution >= 0.6 is 0 Å². The number of hydrogen-bond donors (Lipinski definition) is 1. The third kappa shape index (κ3) is 6.98. The number of rotatable bonds is 10. The molecule has 7 nitrogen and oxygen atoms in total. The predicted octanol–water partition coefficient (Wildman–Crippen LogP) is 4.14. The van der Waals surface area contributed by atoms with E-state index in [0.717, 1.165) is 16.1 Å². The quantitative estimate of drug-likeness (QED) is 0.452. The molecule has 174 valence electrons. The van der Waals surface area contributed by atoms with Crippen LogP contribution in [0.2, 0.25) is 0 Å². The Morgan fingerprint density at radius 2 is 1.58 bits per heavy atom. The van der Waals surface area contributed by atoms with Crippen molar-refractivity contribution in [3.8, 4) is 17.2 Å². The number of sulfonamides is 1. The lowest BCUT2D eigenvalue weighted by Gasteiger charge is -2.28. The zero-order chi connectivity index (χ0) is 23.8. The van der Waals surface area contributed by atoms with Gasteiger partial charge in [-0.25, -0.2) is 8.42 Å². The molecule has 0 radical (unpaired) electrons. The van der Waals surface area contributed by atoms with E-state index in [1.54, 1.807) is 31.2 Å². The molecular weight excluding hydrogens is 440 g/mol. The van der Waals surface area contributed by atoms with Crippen LogP contribution < -0.4 is 19.1 Å². The molecule has 0 unspecified atom stereocenters. The van der Waals surface area contributed by atoms with Gasteiger partial charge in [0, 0.05) is 0 Å². The Kier molecular flexibility index (Phi) is 7.95. The molecule has 1 atom stereocenters. The van der Waals surface area contributed by atoms with Gasteiger partial charge in [0.1, 0.15) is 29.9 Å². The van der Waals surface area contributed by atoms with E-state index in [0.29, 0.717) is 22.9 Å². The van der Waals surface area contributed by atoms with Crippen LogP contribution in [-0.4, -0.2) is 39.8 Å².